The molecule has 2 aromatic rings. The average Bonchev–Trinajstić information content (AvgIpc) is 2.75. The van der Waals surface area contributed by atoms with Crippen LogP contribution < -0.4 is 5.32 Å². The van der Waals surface area contributed by atoms with Crippen molar-refractivity contribution in [2.45, 2.75) is 76.4 Å². The van der Waals surface area contributed by atoms with Crippen LogP contribution >= 0.6 is 0 Å². The Morgan fingerprint density at radius 2 is 1.76 bits per heavy atom. The molecule has 2 atom stereocenters. The van der Waals surface area contributed by atoms with Gasteiger partial charge in [-0.15, -0.1) is 0 Å². The Kier molecular flexibility index (Phi) is 6.67. The lowest BCUT2D eigenvalue weighted by atomic mass is 9.95. The summed E-state index contributed by atoms with van der Waals surface area (Å²) in [7, 11) is 0. The van der Waals surface area contributed by atoms with E-state index >= 15 is 0 Å². The minimum Gasteiger partial charge on any atom is -0.446 e. The molecule has 5 heteroatoms. The van der Waals surface area contributed by atoms with Gasteiger partial charge in [-0.05, 0) is 68.2 Å². The summed E-state index contributed by atoms with van der Waals surface area (Å²) < 4.78 is 17.4. The predicted octanol–water partition coefficient (Wildman–Crippen LogP) is 5.48. The van der Waals surface area contributed by atoms with Crippen LogP contribution in [0.15, 0.2) is 42.5 Å². The summed E-state index contributed by atoms with van der Waals surface area (Å²) in [6.07, 6.45) is 6.60. The predicted molar refractivity (Wildman–Crippen MR) is 113 cm³/mol. The molecule has 1 heterocycles. The number of benzene rings is 2. The molecule has 1 aliphatic carbocycles. The topological polar surface area (TPSA) is 56.8 Å². The van der Waals surface area contributed by atoms with Gasteiger partial charge in [0.1, 0.15) is 6.10 Å². The van der Waals surface area contributed by atoms with Crippen molar-refractivity contribution in [3.05, 3.63) is 48.0 Å². The molecule has 2 aliphatic rings. The fourth-order valence-electron chi connectivity index (χ4n) is 4.39. The summed E-state index contributed by atoms with van der Waals surface area (Å²) in [6, 6.07) is 14.3. The number of amides is 1. The van der Waals surface area contributed by atoms with Gasteiger partial charge in [-0.25, -0.2) is 4.79 Å². The van der Waals surface area contributed by atoms with Crippen LogP contribution in [0.25, 0.3) is 10.8 Å². The summed E-state index contributed by atoms with van der Waals surface area (Å²) in [5.41, 5.74) is 1.10. The quantitative estimate of drug-likeness (QED) is 0.726. The Labute approximate surface area is 172 Å². The first-order valence-electron chi connectivity index (χ1n) is 10.9. The Bertz CT molecular complexity index is 804. The number of carbonyl (C=O) groups is 1. The zero-order chi connectivity index (χ0) is 20.1. The van der Waals surface area contributed by atoms with E-state index in [2.05, 4.69) is 29.6 Å². The third kappa shape index (κ3) is 5.28. The molecule has 2 fully saturated rings. The van der Waals surface area contributed by atoms with Crippen molar-refractivity contribution in [2.75, 3.05) is 6.61 Å². The van der Waals surface area contributed by atoms with Crippen LogP contribution in [-0.2, 0) is 14.2 Å². The Morgan fingerprint density at radius 1 is 1.00 bits per heavy atom. The fraction of sp³-hybridized carbons (Fsp3) is 0.542. The summed E-state index contributed by atoms with van der Waals surface area (Å²) >= 11 is 0. The van der Waals surface area contributed by atoms with E-state index < -0.39 is 0 Å². The molecule has 1 aliphatic heterocycles. The second-order valence-electron chi connectivity index (χ2n) is 8.17. The zero-order valence-corrected chi connectivity index (χ0v) is 17.1. The average molecular weight is 398 g/mol. The first kappa shape index (κ1) is 20.2. The van der Waals surface area contributed by atoms with Crippen LogP contribution in [0.4, 0.5) is 4.79 Å². The number of fused-ring (bicyclic) bond motifs is 1. The van der Waals surface area contributed by atoms with Crippen LogP contribution in [0, 0.1) is 0 Å². The highest BCUT2D eigenvalue weighted by Gasteiger charge is 2.27. The molecule has 4 rings (SSSR count). The molecule has 2 aromatic carbocycles. The first-order valence-corrected chi connectivity index (χ1v) is 10.9. The van der Waals surface area contributed by atoms with Crippen LogP contribution in [-0.4, -0.2) is 31.2 Å². The SMILES string of the molecule is C[C@@H](NC(=O)OC1CCC(OC2CCCCO2)CC1)c1cccc2ccccc12. The third-order valence-corrected chi connectivity index (χ3v) is 6.00. The van der Waals surface area contributed by atoms with Crippen LogP contribution in [0.1, 0.15) is 63.5 Å². The second kappa shape index (κ2) is 9.59. The van der Waals surface area contributed by atoms with Crippen LogP contribution in [0.3, 0.4) is 0 Å². The smallest absolute Gasteiger partial charge is 0.407 e. The monoisotopic (exact) mass is 397 g/mol. The fourth-order valence-corrected chi connectivity index (χ4v) is 4.39. The maximum Gasteiger partial charge on any atom is 0.407 e. The van der Waals surface area contributed by atoms with Crippen LogP contribution in [0.2, 0.25) is 0 Å². The Morgan fingerprint density at radius 3 is 2.55 bits per heavy atom. The molecule has 156 valence electrons. The minimum absolute atomic E-state index is 0.0400. The molecule has 0 radical (unpaired) electrons. The maximum atomic E-state index is 12.4. The lowest BCUT2D eigenvalue weighted by molar-refractivity contribution is -0.196. The van der Waals surface area contributed by atoms with Gasteiger partial charge in [0.25, 0.3) is 0 Å². The summed E-state index contributed by atoms with van der Waals surface area (Å²) in [5, 5.41) is 5.33. The van der Waals surface area contributed by atoms with Crippen molar-refractivity contribution in [1.29, 1.82) is 0 Å². The molecule has 1 saturated heterocycles. The largest absolute Gasteiger partial charge is 0.446 e. The molecule has 0 aromatic heterocycles. The van der Waals surface area contributed by atoms with E-state index in [9.17, 15) is 4.79 Å². The van der Waals surface area contributed by atoms with Crippen molar-refractivity contribution in [1.82, 2.24) is 5.32 Å². The minimum atomic E-state index is -0.342. The number of rotatable bonds is 5. The number of carbonyl (C=O) groups excluding carboxylic acids is 1. The third-order valence-electron chi connectivity index (χ3n) is 6.00. The van der Waals surface area contributed by atoms with Gasteiger partial charge in [-0.3, -0.25) is 0 Å². The summed E-state index contributed by atoms with van der Waals surface area (Å²) in [6.45, 7) is 2.80. The van der Waals surface area contributed by atoms with Crippen LogP contribution in [0.5, 0.6) is 0 Å². The van der Waals surface area contributed by atoms with Gasteiger partial charge < -0.3 is 19.5 Å². The molecular formula is C24H31NO4. The number of ether oxygens (including phenoxy) is 3. The number of alkyl carbamates (subject to hydrolysis) is 1. The van der Waals surface area contributed by atoms with E-state index in [0.29, 0.717) is 0 Å². The second-order valence-corrected chi connectivity index (χ2v) is 8.17. The normalized spacial score (nSPS) is 26.0. The molecule has 0 bridgehead atoms. The number of hydrogen-bond donors (Lipinski definition) is 1. The highest BCUT2D eigenvalue weighted by atomic mass is 16.7. The van der Waals surface area contributed by atoms with Gasteiger partial charge in [0.15, 0.2) is 6.29 Å². The molecule has 1 amide bonds. The number of hydrogen-bond acceptors (Lipinski definition) is 4. The zero-order valence-electron chi connectivity index (χ0n) is 17.1. The van der Waals surface area contributed by atoms with Crippen molar-refractivity contribution >= 4 is 16.9 Å². The molecule has 29 heavy (non-hydrogen) atoms. The van der Waals surface area contributed by atoms with Crippen molar-refractivity contribution in [3.8, 4) is 0 Å². The molecular weight excluding hydrogens is 366 g/mol. The molecule has 0 spiro atoms. The van der Waals surface area contributed by atoms with E-state index in [1.54, 1.807) is 0 Å². The maximum absolute atomic E-state index is 12.4. The summed E-state index contributed by atoms with van der Waals surface area (Å²) in [5.74, 6) is 0. The first-order chi connectivity index (χ1) is 14.2. The lowest BCUT2D eigenvalue weighted by Gasteiger charge is -2.32. The Balaban J connectivity index is 1.24. The Hall–Kier alpha value is -2.11. The van der Waals surface area contributed by atoms with E-state index in [1.807, 2.05) is 25.1 Å². The molecule has 5 nitrogen and oxygen atoms in total. The van der Waals surface area contributed by atoms with Crippen molar-refractivity contribution in [2.24, 2.45) is 0 Å². The molecule has 1 unspecified atom stereocenters. The van der Waals surface area contributed by atoms with Crippen molar-refractivity contribution in [3.63, 3.8) is 0 Å². The standard InChI is InChI=1S/C24H31NO4/c1-17(21-10-6-8-18-7-2-3-9-22(18)21)25-24(26)29-20-14-12-19(13-15-20)28-23-11-4-5-16-27-23/h2-3,6-10,17,19-20,23H,4-5,11-16H2,1H3,(H,25,26)/t17-,19?,20?,23?/m1/s1. The van der Waals surface area contributed by atoms with E-state index in [4.69, 9.17) is 14.2 Å². The molecule has 1 saturated carbocycles. The van der Waals surface area contributed by atoms with E-state index in [-0.39, 0.29) is 30.6 Å². The lowest BCUT2D eigenvalue weighted by Crippen LogP contribution is -2.36. The van der Waals surface area contributed by atoms with Crippen molar-refractivity contribution < 1.29 is 19.0 Å². The van der Waals surface area contributed by atoms with Gasteiger partial charge in [-0.1, -0.05) is 42.5 Å². The van der Waals surface area contributed by atoms with Gasteiger partial charge in [-0.2, -0.15) is 0 Å². The van der Waals surface area contributed by atoms with E-state index in [0.717, 1.165) is 56.1 Å². The van der Waals surface area contributed by atoms with E-state index in [1.165, 1.54) is 11.8 Å². The summed E-state index contributed by atoms with van der Waals surface area (Å²) in [4.78, 5) is 12.4. The van der Waals surface area contributed by atoms with Gasteiger partial charge >= 0.3 is 6.09 Å². The van der Waals surface area contributed by atoms with Gasteiger partial charge in [0, 0.05) is 6.61 Å². The molecule has 1 N–H and O–H groups in total. The highest BCUT2D eigenvalue weighted by Crippen LogP contribution is 2.28. The highest BCUT2D eigenvalue weighted by molar-refractivity contribution is 5.86. The number of nitrogens with one attached hydrogen (secondary N) is 1. The van der Waals surface area contributed by atoms with Gasteiger partial charge in [0.05, 0.1) is 12.1 Å². The van der Waals surface area contributed by atoms with Gasteiger partial charge in [0.2, 0.25) is 0 Å².